The Kier molecular flexibility index (Phi) is 4.50. The molecule has 0 saturated carbocycles. The van der Waals surface area contributed by atoms with Gasteiger partial charge in [0.05, 0.1) is 33.7 Å². The number of hydrogen-bond acceptors (Lipinski definition) is 4. The monoisotopic (exact) mass is 254 g/mol. The Morgan fingerprint density at radius 2 is 2.47 bits per heavy atom. The molecule has 1 aromatic rings. The highest BCUT2D eigenvalue weighted by atomic mass is 32.2. The van der Waals surface area contributed by atoms with Crippen molar-refractivity contribution in [3.8, 4) is 0 Å². The number of nitrogen functional groups attached to an aromatic ring is 1. The van der Waals surface area contributed by atoms with E-state index in [-0.39, 0.29) is 0 Å². The van der Waals surface area contributed by atoms with E-state index in [1.165, 1.54) is 0 Å². The Balaban J connectivity index is 1.79. The van der Waals surface area contributed by atoms with E-state index in [1.54, 1.807) is 18.5 Å². The van der Waals surface area contributed by atoms with E-state index < -0.39 is 10.8 Å². The first-order chi connectivity index (χ1) is 8.27. The second-order valence-corrected chi connectivity index (χ2v) is 5.78. The molecule has 1 aliphatic rings. The van der Waals surface area contributed by atoms with Crippen molar-refractivity contribution in [1.82, 2.24) is 4.98 Å². The molecule has 1 aromatic heterocycles. The number of aromatic nitrogens is 1. The van der Waals surface area contributed by atoms with Crippen LogP contribution in [-0.2, 0) is 15.5 Å². The van der Waals surface area contributed by atoms with Crippen molar-refractivity contribution in [1.29, 1.82) is 0 Å². The minimum absolute atomic E-state index is 0.377. The summed E-state index contributed by atoms with van der Waals surface area (Å²) >= 11 is 0. The van der Waals surface area contributed by atoms with E-state index >= 15 is 0 Å². The molecular formula is C12H18N2O2S. The lowest BCUT2D eigenvalue weighted by Crippen LogP contribution is -2.08. The van der Waals surface area contributed by atoms with Crippen LogP contribution in [0, 0.1) is 0 Å². The highest BCUT2D eigenvalue weighted by molar-refractivity contribution is 7.85. The molecule has 0 aliphatic carbocycles. The molecule has 94 valence electrons. The van der Waals surface area contributed by atoms with Gasteiger partial charge in [0, 0.05) is 18.6 Å². The molecular weight excluding hydrogens is 236 g/mol. The lowest BCUT2D eigenvalue weighted by molar-refractivity contribution is 0.104. The third-order valence-corrected chi connectivity index (χ3v) is 4.46. The van der Waals surface area contributed by atoms with E-state index in [0.29, 0.717) is 22.4 Å². The van der Waals surface area contributed by atoms with Crippen molar-refractivity contribution in [2.24, 2.45) is 0 Å². The summed E-state index contributed by atoms with van der Waals surface area (Å²) in [5, 5.41) is 0. The fourth-order valence-electron chi connectivity index (χ4n) is 2.03. The molecule has 0 aromatic carbocycles. The molecule has 1 aliphatic heterocycles. The maximum absolute atomic E-state index is 12.0. The number of anilines is 1. The van der Waals surface area contributed by atoms with Crippen LogP contribution in [0.1, 0.15) is 25.7 Å². The number of nitrogens with zero attached hydrogens (tertiary/aromatic N) is 1. The molecule has 0 amide bonds. The van der Waals surface area contributed by atoms with Crippen molar-refractivity contribution >= 4 is 16.5 Å². The van der Waals surface area contributed by atoms with Gasteiger partial charge in [0.1, 0.15) is 0 Å². The molecule has 0 spiro atoms. The predicted molar refractivity (Wildman–Crippen MR) is 68.1 cm³/mol. The first-order valence-electron chi connectivity index (χ1n) is 5.97. The number of pyridine rings is 1. The molecule has 2 heterocycles. The van der Waals surface area contributed by atoms with Crippen LogP contribution in [0.5, 0.6) is 0 Å². The number of hydrogen-bond donors (Lipinski definition) is 1. The highest BCUT2D eigenvalue weighted by Gasteiger charge is 2.15. The Labute approximate surface area is 104 Å². The van der Waals surface area contributed by atoms with Crippen LogP contribution in [0.3, 0.4) is 0 Å². The smallest absolute Gasteiger partial charge is 0.0664 e. The zero-order chi connectivity index (χ0) is 12.1. The zero-order valence-corrected chi connectivity index (χ0v) is 10.6. The number of ether oxygens (including phenoxy) is 1. The predicted octanol–water partition coefficient (Wildman–Crippen LogP) is 1.73. The summed E-state index contributed by atoms with van der Waals surface area (Å²) in [7, 11) is -1.02. The molecule has 1 saturated heterocycles. The summed E-state index contributed by atoms with van der Waals surface area (Å²) in [6.07, 6.45) is 7.77. The molecule has 4 nitrogen and oxygen atoms in total. The highest BCUT2D eigenvalue weighted by Crippen LogP contribution is 2.19. The molecule has 0 radical (unpaired) electrons. The van der Waals surface area contributed by atoms with Gasteiger partial charge in [-0.2, -0.15) is 0 Å². The van der Waals surface area contributed by atoms with Crippen LogP contribution >= 0.6 is 0 Å². The quantitative estimate of drug-likeness (QED) is 0.869. The van der Waals surface area contributed by atoms with E-state index in [1.807, 2.05) is 0 Å². The maximum atomic E-state index is 12.0. The van der Waals surface area contributed by atoms with Crippen molar-refractivity contribution in [3.63, 3.8) is 0 Å². The van der Waals surface area contributed by atoms with Crippen LogP contribution in [0.2, 0.25) is 0 Å². The molecule has 17 heavy (non-hydrogen) atoms. The zero-order valence-electron chi connectivity index (χ0n) is 9.80. The Hall–Kier alpha value is -0.940. The van der Waals surface area contributed by atoms with Crippen LogP contribution in [-0.4, -0.2) is 27.7 Å². The first kappa shape index (κ1) is 12.5. The maximum Gasteiger partial charge on any atom is 0.0664 e. The van der Waals surface area contributed by atoms with Crippen LogP contribution in [0.4, 0.5) is 5.69 Å². The van der Waals surface area contributed by atoms with Crippen molar-refractivity contribution in [2.75, 3.05) is 18.1 Å². The Morgan fingerprint density at radius 3 is 3.18 bits per heavy atom. The summed E-state index contributed by atoms with van der Waals surface area (Å²) in [6, 6.07) is 1.73. The van der Waals surface area contributed by atoms with Gasteiger partial charge in [-0.3, -0.25) is 9.19 Å². The average Bonchev–Trinajstić information content (AvgIpc) is 2.82. The summed E-state index contributed by atoms with van der Waals surface area (Å²) in [6.45, 7) is 0.880. The van der Waals surface area contributed by atoms with Crippen LogP contribution in [0.25, 0.3) is 0 Å². The van der Waals surface area contributed by atoms with Crippen molar-refractivity contribution in [2.45, 2.75) is 36.7 Å². The van der Waals surface area contributed by atoms with E-state index in [4.69, 9.17) is 10.5 Å². The normalized spacial score (nSPS) is 21.5. The molecule has 2 N–H and O–H groups in total. The third kappa shape index (κ3) is 3.51. The third-order valence-electron chi connectivity index (χ3n) is 2.94. The molecule has 5 heteroatoms. The SMILES string of the molecule is Nc1cnccc1S(=O)CCCC1CCCO1. The summed E-state index contributed by atoms with van der Waals surface area (Å²) in [5.74, 6) is 0.647. The standard InChI is InChI=1S/C12H18N2O2S/c13-11-9-14-6-5-12(11)17(15)8-2-4-10-3-1-7-16-10/h5-6,9-10H,1-4,7-8,13H2. The van der Waals surface area contributed by atoms with E-state index in [0.717, 1.165) is 32.3 Å². The summed E-state index contributed by atoms with van der Waals surface area (Å²) in [5.41, 5.74) is 6.25. The van der Waals surface area contributed by atoms with E-state index in [2.05, 4.69) is 4.98 Å². The summed E-state index contributed by atoms with van der Waals surface area (Å²) in [4.78, 5) is 4.59. The van der Waals surface area contributed by atoms with Gasteiger partial charge in [0.15, 0.2) is 0 Å². The van der Waals surface area contributed by atoms with Gasteiger partial charge in [-0.05, 0) is 31.7 Å². The average molecular weight is 254 g/mol. The molecule has 2 rings (SSSR count). The first-order valence-corrected chi connectivity index (χ1v) is 7.29. The van der Waals surface area contributed by atoms with Gasteiger partial charge in [-0.1, -0.05) is 0 Å². The Morgan fingerprint density at radius 1 is 1.59 bits per heavy atom. The van der Waals surface area contributed by atoms with Crippen molar-refractivity contribution in [3.05, 3.63) is 18.5 Å². The fourth-order valence-corrected chi connectivity index (χ4v) is 3.20. The molecule has 0 bridgehead atoms. The van der Waals surface area contributed by atoms with Crippen LogP contribution in [0.15, 0.2) is 23.4 Å². The van der Waals surface area contributed by atoms with Gasteiger partial charge >= 0.3 is 0 Å². The van der Waals surface area contributed by atoms with Gasteiger partial charge < -0.3 is 10.5 Å². The van der Waals surface area contributed by atoms with Crippen molar-refractivity contribution < 1.29 is 8.95 Å². The number of rotatable bonds is 5. The minimum atomic E-state index is -1.02. The second-order valence-electron chi connectivity index (χ2n) is 4.24. The lowest BCUT2D eigenvalue weighted by atomic mass is 10.1. The van der Waals surface area contributed by atoms with E-state index in [9.17, 15) is 4.21 Å². The summed E-state index contributed by atoms with van der Waals surface area (Å²) < 4.78 is 17.5. The largest absolute Gasteiger partial charge is 0.396 e. The minimum Gasteiger partial charge on any atom is -0.396 e. The molecule has 1 fully saturated rings. The van der Waals surface area contributed by atoms with Gasteiger partial charge in [0.25, 0.3) is 0 Å². The topological polar surface area (TPSA) is 65.2 Å². The fraction of sp³-hybridized carbons (Fsp3) is 0.583. The van der Waals surface area contributed by atoms with Gasteiger partial charge in [-0.15, -0.1) is 0 Å². The number of nitrogens with two attached hydrogens (primary N) is 1. The van der Waals surface area contributed by atoms with Gasteiger partial charge in [-0.25, -0.2) is 0 Å². The Bertz CT molecular complexity index is 392. The lowest BCUT2D eigenvalue weighted by Gasteiger charge is -2.09. The van der Waals surface area contributed by atoms with Crippen LogP contribution < -0.4 is 5.73 Å². The molecule has 2 atom stereocenters. The molecule has 2 unspecified atom stereocenters. The second kappa shape index (κ2) is 6.12. The van der Waals surface area contributed by atoms with Gasteiger partial charge in [0.2, 0.25) is 0 Å².